The molecule has 146 valence electrons. The number of H-pyrrole nitrogens is 1. The van der Waals surface area contributed by atoms with Gasteiger partial charge in [-0.15, -0.1) is 0 Å². The Morgan fingerprint density at radius 3 is 2.57 bits per heavy atom. The Labute approximate surface area is 160 Å². The van der Waals surface area contributed by atoms with Crippen LogP contribution in [0.25, 0.3) is 22.0 Å². The summed E-state index contributed by atoms with van der Waals surface area (Å²) in [6.07, 6.45) is -4.12. The lowest BCUT2D eigenvalue weighted by molar-refractivity contribution is -0.197. The van der Waals surface area contributed by atoms with Crippen molar-refractivity contribution in [1.29, 1.82) is 0 Å². The van der Waals surface area contributed by atoms with Crippen molar-refractivity contribution in [2.75, 3.05) is 11.9 Å². The number of hydrogen-bond acceptors (Lipinski definition) is 7. The van der Waals surface area contributed by atoms with E-state index in [4.69, 9.17) is 9.94 Å². The molecule has 0 bridgehead atoms. The average Bonchev–Trinajstić information content (AvgIpc) is 2.72. The van der Waals surface area contributed by atoms with Gasteiger partial charge in [-0.05, 0) is 29.1 Å². The molecule has 4 rings (SSSR count). The van der Waals surface area contributed by atoms with Crippen LogP contribution in [0.15, 0.2) is 59.4 Å². The number of hydroxylamine groups is 1. The van der Waals surface area contributed by atoms with E-state index in [1.165, 1.54) is 0 Å². The first-order chi connectivity index (χ1) is 13.6. The van der Waals surface area contributed by atoms with Crippen LogP contribution in [0.3, 0.4) is 0 Å². The lowest BCUT2D eigenvalue weighted by Gasteiger charge is -2.37. The number of rotatable bonds is 4. The van der Waals surface area contributed by atoms with Crippen LogP contribution in [0, 0.1) is 0 Å². The molecule has 4 atom stereocenters. The van der Waals surface area contributed by atoms with Gasteiger partial charge in [0.1, 0.15) is 24.5 Å². The van der Waals surface area contributed by atoms with Crippen molar-refractivity contribution < 1.29 is 20.2 Å². The topological polar surface area (TPSA) is 127 Å². The maximum absolute atomic E-state index is 12.5. The molecular formula is C20H21N3O5. The van der Waals surface area contributed by atoms with Gasteiger partial charge >= 0.3 is 0 Å². The molecule has 8 heteroatoms. The molecule has 0 spiro atoms. The van der Waals surface area contributed by atoms with Gasteiger partial charge in [0.05, 0.1) is 12.1 Å². The second kappa shape index (κ2) is 7.70. The monoisotopic (exact) mass is 383 g/mol. The van der Waals surface area contributed by atoms with Gasteiger partial charge in [-0.25, -0.2) is 0 Å². The molecule has 1 saturated heterocycles. The van der Waals surface area contributed by atoms with E-state index in [9.17, 15) is 15.0 Å². The number of anilines is 1. The van der Waals surface area contributed by atoms with Crippen molar-refractivity contribution in [1.82, 2.24) is 10.5 Å². The van der Waals surface area contributed by atoms with Crippen molar-refractivity contribution in [2.45, 2.75) is 24.5 Å². The lowest BCUT2D eigenvalue weighted by atomic mass is 10.0. The number of pyridine rings is 1. The minimum Gasteiger partial charge on any atom is -0.393 e. The Hall–Kier alpha value is -2.75. The summed E-state index contributed by atoms with van der Waals surface area (Å²) in [6.45, 7) is -0.418. The van der Waals surface area contributed by atoms with Crippen LogP contribution in [0.1, 0.15) is 0 Å². The predicted octanol–water partition coefficient (Wildman–Crippen LogP) is 0.551. The first kappa shape index (κ1) is 18.6. The minimum absolute atomic E-state index is 0.198. The molecule has 1 aromatic heterocycles. The number of aliphatic hydroxyl groups is 3. The van der Waals surface area contributed by atoms with Gasteiger partial charge in [-0.2, -0.15) is 5.48 Å². The van der Waals surface area contributed by atoms with Crippen LogP contribution in [0.5, 0.6) is 0 Å². The van der Waals surface area contributed by atoms with E-state index in [-0.39, 0.29) is 5.56 Å². The van der Waals surface area contributed by atoms with E-state index in [0.29, 0.717) is 16.8 Å². The van der Waals surface area contributed by atoms with Crippen LogP contribution >= 0.6 is 0 Å². The maximum Gasteiger partial charge on any atom is 0.256 e. The molecule has 0 radical (unpaired) electrons. The van der Waals surface area contributed by atoms with Crippen molar-refractivity contribution in [3.63, 3.8) is 0 Å². The van der Waals surface area contributed by atoms with Crippen molar-refractivity contribution in [2.24, 2.45) is 0 Å². The molecule has 3 aromatic rings. The molecule has 0 saturated carbocycles. The molecule has 8 nitrogen and oxygen atoms in total. The summed E-state index contributed by atoms with van der Waals surface area (Å²) in [4.78, 5) is 20.5. The number of aliphatic hydroxyl groups excluding tert-OH is 3. The molecule has 1 fully saturated rings. The fourth-order valence-corrected chi connectivity index (χ4v) is 3.28. The van der Waals surface area contributed by atoms with Gasteiger partial charge in [0.25, 0.3) is 5.56 Å². The maximum atomic E-state index is 12.5. The summed E-state index contributed by atoms with van der Waals surface area (Å²) in [5.74, 6) is 0. The zero-order valence-corrected chi connectivity index (χ0v) is 14.9. The number of benzene rings is 2. The SMILES string of the molecule is O=c1[nH]c2cc(NC3NOC(CO)[C@H](O)C3O)ccc2cc1-c1ccccc1. The third kappa shape index (κ3) is 3.51. The van der Waals surface area contributed by atoms with Crippen molar-refractivity contribution in [3.8, 4) is 11.1 Å². The molecule has 2 heterocycles. The van der Waals surface area contributed by atoms with Crippen LogP contribution in [-0.2, 0) is 4.84 Å². The molecule has 0 aliphatic carbocycles. The normalized spacial score (nSPS) is 25.0. The van der Waals surface area contributed by atoms with E-state index in [1.54, 1.807) is 12.1 Å². The molecule has 2 aromatic carbocycles. The second-order valence-corrected chi connectivity index (χ2v) is 6.74. The minimum atomic E-state index is -1.24. The van der Waals surface area contributed by atoms with E-state index in [2.05, 4.69) is 15.8 Å². The first-order valence-corrected chi connectivity index (χ1v) is 8.94. The molecule has 1 aliphatic heterocycles. The summed E-state index contributed by atoms with van der Waals surface area (Å²) in [5.41, 5.74) is 5.07. The Morgan fingerprint density at radius 1 is 1.04 bits per heavy atom. The number of nitrogens with one attached hydrogen (secondary N) is 3. The predicted molar refractivity (Wildman–Crippen MR) is 105 cm³/mol. The highest BCUT2D eigenvalue weighted by Crippen LogP contribution is 2.23. The van der Waals surface area contributed by atoms with E-state index in [1.807, 2.05) is 42.5 Å². The van der Waals surface area contributed by atoms with Gasteiger partial charge in [0.15, 0.2) is 0 Å². The van der Waals surface area contributed by atoms with E-state index >= 15 is 0 Å². The highest BCUT2D eigenvalue weighted by molar-refractivity contribution is 5.86. The van der Waals surface area contributed by atoms with Crippen molar-refractivity contribution in [3.05, 3.63) is 65.0 Å². The van der Waals surface area contributed by atoms with Gasteiger partial charge in [0.2, 0.25) is 0 Å². The molecular weight excluding hydrogens is 362 g/mol. The fourth-order valence-electron chi connectivity index (χ4n) is 3.28. The highest BCUT2D eigenvalue weighted by Gasteiger charge is 2.38. The van der Waals surface area contributed by atoms with E-state index < -0.39 is 31.1 Å². The molecule has 1 aliphatic rings. The number of hydrogen-bond donors (Lipinski definition) is 6. The van der Waals surface area contributed by atoms with Crippen LogP contribution in [0.2, 0.25) is 0 Å². The van der Waals surface area contributed by atoms with Crippen LogP contribution in [-0.4, -0.2) is 51.4 Å². The first-order valence-electron chi connectivity index (χ1n) is 8.94. The summed E-state index contributed by atoms with van der Waals surface area (Å²) < 4.78 is 0. The second-order valence-electron chi connectivity index (χ2n) is 6.74. The number of aromatic nitrogens is 1. The third-order valence-electron chi connectivity index (χ3n) is 4.85. The zero-order valence-electron chi connectivity index (χ0n) is 14.9. The highest BCUT2D eigenvalue weighted by atomic mass is 16.7. The molecule has 6 N–H and O–H groups in total. The van der Waals surface area contributed by atoms with Gasteiger partial charge in [-0.1, -0.05) is 36.4 Å². The summed E-state index contributed by atoms with van der Waals surface area (Å²) >= 11 is 0. The molecule has 28 heavy (non-hydrogen) atoms. The third-order valence-corrected chi connectivity index (χ3v) is 4.85. The fraction of sp³-hybridized carbons (Fsp3) is 0.250. The summed E-state index contributed by atoms with van der Waals surface area (Å²) in [5, 5.41) is 33.2. The van der Waals surface area contributed by atoms with Crippen LogP contribution in [0.4, 0.5) is 5.69 Å². The van der Waals surface area contributed by atoms with Gasteiger partial charge < -0.3 is 25.6 Å². The smallest absolute Gasteiger partial charge is 0.256 e. The van der Waals surface area contributed by atoms with Gasteiger partial charge in [0, 0.05) is 11.3 Å². The Kier molecular flexibility index (Phi) is 5.12. The zero-order chi connectivity index (χ0) is 19.7. The largest absolute Gasteiger partial charge is 0.393 e. The van der Waals surface area contributed by atoms with Gasteiger partial charge in [-0.3, -0.25) is 9.63 Å². The quantitative estimate of drug-likeness (QED) is 0.388. The van der Waals surface area contributed by atoms with E-state index in [0.717, 1.165) is 10.9 Å². The summed E-state index contributed by atoms with van der Waals surface area (Å²) in [6, 6.07) is 16.6. The standard InChI is InChI=1S/C20H21N3O5/c24-10-16-17(25)18(26)19(23-28-16)21-13-7-6-12-8-14(11-4-2-1-3-5-11)20(27)22-15(12)9-13/h1-9,16-19,21,23-26H,10H2,(H,22,27)/t16?,17-,18?,19?/m0/s1. The Balaban J connectivity index is 1.60. The average molecular weight is 383 g/mol. The van der Waals surface area contributed by atoms with Crippen molar-refractivity contribution >= 4 is 16.6 Å². The molecule has 0 amide bonds. The lowest BCUT2D eigenvalue weighted by Crippen LogP contribution is -2.62. The number of fused-ring (bicyclic) bond motifs is 1. The Bertz CT molecular complexity index is 1020. The molecule has 3 unspecified atom stereocenters. The summed E-state index contributed by atoms with van der Waals surface area (Å²) in [7, 11) is 0. The van der Waals surface area contributed by atoms with Crippen LogP contribution < -0.4 is 16.4 Å². The number of aromatic amines is 1. The Morgan fingerprint density at radius 2 is 1.82 bits per heavy atom.